The average molecular weight is 589 g/mol. The number of hydrogen-bond donors (Lipinski definition) is 3. The molecule has 0 amide bonds. The van der Waals surface area contributed by atoms with Crippen LogP contribution in [0.4, 0.5) is 34.5 Å². The van der Waals surface area contributed by atoms with E-state index in [0.29, 0.717) is 42.1 Å². The number of Topliss-reactive ketones (excluding diaryl/α,β-unsaturated/α-hetero) is 2. The van der Waals surface area contributed by atoms with Crippen molar-refractivity contribution in [2.24, 2.45) is 17.2 Å². The van der Waals surface area contributed by atoms with Crippen molar-refractivity contribution in [2.45, 2.75) is 0 Å². The van der Waals surface area contributed by atoms with Gasteiger partial charge in [-0.05, 0) is 24.3 Å². The van der Waals surface area contributed by atoms with Gasteiger partial charge in [0.25, 0.3) is 0 Å². The van der Waals surface area contributed by atoms with Crippen LogP contribution in [0.2, 0.25) is 0 Å². The third-order valence-electron chi connectivity index (χ3n) is 3.87. The topological polar surface area (TPSA) is 141 Å². The minimum Gasteiger partial charge on any atom is -0.418 e. The van der Waals surface area contributed by atoms with E-state index in [0.717, 1.165) is 19.6 Å². The van der Waals surface area contributed by atoms with Crippen molar-refractivity contribution >= 4 is 26.1 Å². The molecule has 0 atom stereocenters. The third kappa shape index (κ3) is 16.8. The molecule has 0 aromatic carbocycles. The molecule has 0 bridgehead atoms. The molecule has 1 radical (unpaired) electrons. The first-order valence-electron chi connectivity index (χ1n) is 10.2. The van der Waals surface area contributed by atoms with Crippen LogP contribution in [0.25, 0.3) is 11.4 Å². The summed E-state index contributed by atoms with van der Waals surface area (Å²) in [5.41, 5.74) is 17.7. The van der Waals surface area contributed by atoms with Crippen LogP contribution in [-0.2, 0) is 16.8 Å². The van der Waals surface area contributed by atoms with Gasteiger partial charge in [-0.2, -0.15) is 0 Å². The van der Waals surface area contributed by atoms with E-state index in [1.165, 1.54) is 0 Å². The SMILES string of the molecule is F[B-](F)(F)F.F[B-](F)(F)F.NCCN(CCN)CCN.O=C1C(=O)c2cccnc2-c2ncccc21.[Co+2]. The molecule has 209 valence electrons. The van der Waals surface area contributed by atoms with Crippen LogP contribution in [0.1, 0.15) is 20.7 Å². The second-order valence-electron chi connectivity index (χ2n) is 6.65. The number of halogens is 8. The van der Waals surface area contributed by atoms with Gasteiger partial charge in [0.2, 0.25) is 11.6 Å². The fraction of sp³-hybridized carbons (Fsp3) is 0.333. The van der Waals surface area contributed by atoms with E-state index in [4.69, 9.17) is 17.2 Å². The van der Waals surface area contributed by atoms with Crippen LogP contribution in [0.3, 0.4) is 0 Å². The van der Waals surface area contributed by atoms with Crippen molar-refractivity contribution in [1.29, 1.82) is 0 Å². The number of aromatic nitrogens is 2. The number of carbonyl (C=O) groups is 2. The van der Waals surface area contributed by atoms with Crippen LogP contribution in [0, 0.1) is 0 Å². The zero-order chi connectivity index (χ0) is 27.9. The fourth-order valence-corrected chi connectivity index (χ4v) is 2.68. The molecular formula is C18H24B2CoF8N6O2. The van der Waals surface area contributed by atoms with Gasteiger partial charge in [-0.3, -0.25) is 24.5 Å². The van der Waals surface area contributed by atoms with E-state index in [9.17, 15) is 44.1 Å². The summed E-state index contributed by atoms with van der Waals surface area (Å²) in [6, 6.07) is 6.47. The van der Waals surface area contributed by atoms with Crippen molar-refractivity contribution < 1.29 is 60.9 Å². The Morgan fingerprint density at radius 2 is 0.919 bits per heavy atom. The molecule has 3 rings (SSSR count). The van der Waals surface area contributed by atoms with Crippen LogP contribution in [0.5, 0.6) is 0 Å². The second kappa shape index (κ2) is 17.9. The molecule has 0 aliphatic heterocycles. The number of carbonyl (C=O) groups excluding carboxylic acids is 2. The van der Waals surface area contributed by atoms with Crippen LogP contribution in [0.15, 0.2) is 36.7 Å². The molecule has 8 nitrogen and oxygen atoms in total. The normalized spacial score (nSPS) is 11.9. The summed E-state index contributed by atoms with van der Waals surface area (Å²) in [4.78, 5) is 33.9. The van der Waals surface area contributed by atoms with Gasteiger partial charge in [-0.15, -0.1) is 0 Å². The Morgan fingerprint density at radius 1 is 0.649 bits per heavy atom. The largest absolute Gasteiger partial charge is 2.00 e. The Kier molecular flexibility index (Phi) is 17.8. The maximum atomic E-state index is 11.8. The number of hydrogen-bond acceptors (Lipinski definition) is 8. The molecule has 1 aliphatic rings. The fourth-order valence-electron chi connectivity index (χ4n) is 2.68. The van der Waals surface area contributed by atoms with Crippen molar-refractivity contribution in [1.82, 2.24) is 14.9 Å². The first kappa shape index (κ1) is 36.7. The summed E-state index contributed by atoms with van der Waals surface area (Å²) in [5, 5.41) is 0. The zero-order valence-electron chi connectivity index (χ0n) is 19.1. The molecule has 0 saturated carbocycles. The maximum absolute atomic E-state index is 11.8. The minimum atomic E-state index is -6.00. The molecule has 0 spiro atoms. The van der Waals surface area contributed by atoms with E-state index < -0.39 is 26.1 Å². The first-order valence-corrected chi connectivity index (χ1v) is 10.2. The summed E-state index contributed by atoms with van der Waals surface area (Å²) in [6.07, 6.45) is 3.17. The average Bonchev–Trinajstić information content (AvgIpc) is 2.76. The van der Waals surface area contributed by atoms with E-state index >= 15 is 0 Å². The van der Waals surface area contributed by atoms with Crippen LogP contribution in [-0.4, -0.2) is 80.2 Å². The zero-order valence-corrected chi connectivity index (χ0v) is 20.1. The molecule has 2 aromatic rings. The molecular weight excluding hydrogens is 565 g/mol. The summed E-state index contributed by atoms with van der Waals surface area (Å²) in [7, 11) is -12.0. The van der Waals surface area contributed by atoms with Crippen molar-refractivity contribution in [3.63, 3.8) is 0 Å². The molecule has 2 heterocycles. The van der Waals surface area contributed by atoms with E-state index in [2.05, 4.69) is 14.9 Å². The molecule has 37 heavy (non-hydrogen) atoms. The second-order valence-corrected chi connectivity index (χ2v) is 6.65. The Labute approximate surface area is 217 Å². The smallest absolute Gasteiger partial charge is 0.418 e. The van der Waals surface area contributed by atoms with Gasteiger partial charge < -0.3 is 51.7 Å². The monoisotopic (exact) mass is 589 g/mol. The van der Waals surface area contributed by atoms with Gasteiger partial charge in [0, 0.05) is 51.7 Å². The Hall–Kier alpha value is -2.44. The van der Waals surface area contributed by atoms with Crippen LogP contribution >= 0.6 is 0 Å². The van der Waals surface area contributed by atoms with Crippen molar-refractivity contribution in [3.8, 4) is 11.4 Å². The predicted octanol–water partition coefficient (Wildman–Crippen LogP) is 2.28. The molecule has 1 aliphatic carbocycles. The van der Waals surface area contributed by atoms with E-state index in [-0.39, 0.29) is 16.8 Å². The van der Waals surface area contributed by atoms with Gasteiger partial charge in [0.15, 0.2) is 0 Å². The number of nitrogens with two attached hydrogens (primary N) is 3. The number of pyridine rings is 2. The summed E-state index contributed by atoms with van der Waals surface area (Å²) >= 11 is 0. The van der Waals surface area contributed by atoms with Crippen LogP contribution < -0.4 is 17.2 Å². The number of ketones is 2. The van der Waals surface area contributed by atoms with E-state index in [1.54, 1.807) is 36.7 Å². The minimum absolute atomic E-state index is 0. The molecule has 2 aromatic heterocycles. The summed E-state index contributed by atoms with van der Waals surface area (Å²) in [5.74, 6) is -1.02. The number of fused-ring (bicyclic) bond motifs is 3. The maximum Gasteiger partial charge on any atom is 2.00 e. The Bertz CT molecular complexity index is 879. The molecule has 6 N–H and O–H groups in total. The number of nitrogens with zero attached hydrogens (tertiary/aromatic N) is 3. The quantitative estimate of drug-likeness (QED) is 0.265. The Morgan fingerprint density at radius 3 is 1.16 bits per heavy atom. The molecule has 0 fully saturated rings. The Balaban J connectivity index is 0. The molecule has 19 heteroatoms. The van der Waals surface area contributed by atoms with Crippen molar-refractivity contribution in [3.05, 3.63) is 47.8 Å². The predicted molar refractivity (Wildman–Crippen MR) is 120 cm³/mol. The molecule has 0 unspecified atom stereocenters. The van der Waals surface area contributed by atoms with Gasteiger partial charge in [0.05, 0.1) is 11.1 Å². The molecule has 0 saturated heterocycles. The summed E-state index contributed by atoms with van der Waals surface area (Å²) in [6.45, 7) is 4.73. The van der Waals surface area contributed by atoms with Gasteiger partial charge in [0.1, 0.15) is 11.4 Å². The summed E-state index contributed by atoms with van der Waals surface area (Å²) < 4.78 is 78.0. The van der Waals surface area contributed by atoms with Gasteiger partial charge in [-0.25, -0.2) is 0 Å². The third-order valence-corrected chi connectivity index (χ3v) is 3.87. The number of rotatable bonds is 6. The first-order chi connectivity index (χ1) is 16.6. The van der Waals surface area contributed by atoms with E-state index in [1.807, 2.05) is 0 Å². The standard InChI is InChI=1S/C12H6N2O2.C6H18N4.2BF4.Co/c15-11-7-3-1-5-13-9(7)10-8(12(11)16)4-2-6-14-10;7-1-4-10(5-2-8)6-3-9;2*2-1(3,4)5;/h1-6H;1-9H2;;;/q;;2*-1;+2. The van der Waals surface area contributed by atoms with Gasteiger partial charge >= 0.3 is 31.3 Å². The van der Waals surface area contributed by atoms with Gasteiger partial charge in [-0.1, -0.05) is 0 Å². The van der Waals surface area contributed by atoms with Crippen molar-refractivity contribution in [2.75, 3.05) is 39.3 Å².